The quantitative estimate of drug-likeness (QED) is 0.900. The molecule has 0 aliphatic carbocycles. The highest BCUT2D eigenvalue weighted by molar-refractivity contribution is 9.10. The molecule has 16 heavy (non-hydrogen) atoms. The van der Waals surface area contributed by atoms with Crippen LogP contribution in [-0.2, 0) is 4.74 Å². The lowest BCUT2D eigenvalue weighted by Crippen LogP contribution is -2.31. The van der Waals surface area contributed by atoms with E-state index in [1.165, 1.54) is 12.8 Å². The van der Waals surface area contributed by atoms with Gasteiger partial charge < -0.3 is 10.1 Å². The first kappa shape index (κ1) is 12.1. The van der Waals surface area contributed by atoms with Gasteiger partial charge in [-0.2, -0.15) is 5.10 Å². The second-order valence-corrected chi connectivity index (χ2v) is 5.20. The van der Waals surface area contributed by atoms with Gasteiger partial charge in [-0.1, -0.05) is 0 Å². The molecule has 0 amide bonds. The lowest BCUT2D eigenvalue weighted by Gasteiger charge is -2.15. The zero-order valence-corrected chi connectivity index (χ0v) is 11.1. The van der Waals surface area contributed by atoms with Crippen molar-refractivity contribution in [3.8, 4) is 0 Å². The van der Waals surface area contributed by atoms with Crippen LogP contribution >= 0.6 is 15.9 Å². The topological polar surface area (TPSA) is 39.1 Å². The summed E-state index contributed by atoms with van der Waals surface area (Å²) >= 11 is 3.40. The molecule has 5 heteroatoms. The van der Waals surface area contributed by atoms with Crippen LogP contribution in [0.5, 0.6) is 0 Å². The van der Waals surface area contributed by atoms with Gasteiger partial charge in [0.1, 0.15) is 0 Å². The predicted molar refractivity (Wildman–Crippen MR) is 66.5 cm³/mol. The summed E-state index contributed by atoms with van der Waals surface area (Å²) in [7, 11) is 0. The Balaban J connectivity index is 1.69. The van der Waals surface area contributed by atoms with E-state index in [1.54, 1.807) is 0 Å². The van der Waals surface area contributed by atoms with E-state index >= 15 is 0 Å². The number of ether oxygens (including phenoxy) is 1. The van der Waals surface area contributed by atoms with Gasteiger partial charge >= 0.3 is 0 Å². The van der Waals surface area contributed by atoms with Crippen LogP contribution in [0.1, 0.15) is 25.8 Å². The zero-order valence-electron chi connectivity index (χ0n) is 9.53. The van der Waals surface area contributed by atoms with Crippen LogP contribution in [-0.4, -0.2) is 35.6 Å². The molecular formula is C11H18BrN3O. The van der Waals surface area contributed by atoms with Crippen LogP contribution < -0.4 is 5.32 Å². The van der Waals surface area contributed by atoms with Crippen molar-refractivity contribution in [2.45, 2.75) is 31.9 Å². The second-order valence-electron chi connectivity index (χ2n) is 4.28. The Labute approximate surface area is 104 Å². The molecule has 0 radical (unpaired) electrons. The molecule has 4 nitrogen and oxygen atoms in total. The van der Waals surface area contributed by atoms with Gasteiger partial charge in [-0.05, 0) is 35.7 Å². The molecule has 0 saturated carbocycles. The van der Waals surface area contributed by atoms with Crippen LogP contribution in [0.15, 0.2) is 16.9 Å². The molecule has 2 atom stereocenters. The summed E-state index contributed by atoms with van der Waals surface area (Å²) in [6, 6.07) is 0.368. The minimum Gasteiger partial charge on any atom is -0.377 e. The summed E-state index contributed by atoms with van der Waals surface area (Å²) in [5.74, 6) is 0. The van der Waals surface area contributed by atoms with Crippen molar-refractivity contribution < 1.29 is 4.74 Å². The standard InChI is InChI=1S/C11H18BrN3O/c1-9(15-8-10(12)6-14-15)5-13-7-11-3-2-4-16-11/h6,8-9,11,13H,2-5,7H2,1H3. The number of halogens is 1. The Hall–Kier alpha value is -0.390. The van der Waals surface area contributed by atoms with E-state index in [-0.39, 0.29) is 0 Å². The van der Waals surface area contributed by atoms with Gasteiger partial charge in [0, 0.05) is 25.9 Å². The fraction of sp³-hybridized carbons (Fsp3) is 0.727. The van der Waals surface area contributed by atoms with Crippen molar-refractivity contribution >= 4 is 15.9 Å². The monoisotopic (exact) mass is 287 g/mol. The Bertz CT molecular complexity index is 323. The number of nitrogens with zero attached hydrogens (tertiary/aromatic N) is 2. The highest BCUT2D eigenvalue weighted by atomic mass is 79.9. The third kappa shape index (κ3) is 3.30. The molecule has 2 rings (SSSR count). The molecule has 2 unspecified atom stereocenters. The molecular weight excluding hydrogens is 270 g/mol. The van der Waals surface area contributed by atoms with Crippen molar-refractivity contribution in [1.29, 1.82) is 0 Å². The molecule has 1 aliphatic heterocycles. The Morgan fingerprint density at radius 3 is 3.25 bits per heavy atom. The van der Waals surface area contributed by atoms with Crippen LogP contribution in [0.3, 0.4) is 0 Å². The molecule has 1 fully saturated rings. The Kier molecular flexibility index (Phi) is 4.37. The van der Waals surface area contributed by atoms with Gasteiger partial charge in [-0.3, -0.25) is 4.68 Å². The van der Waals surface area contributed by atoms with Crippen molar-refractivity contribution in [3.05, 3.63) is 16.9 Å². The third-order valence-corrected chi connectivity index (χ3v) is 3.27. The lowest BCUT2D eigenvalue weighted by atomic mass is 10.2. The van der Waals surface area contributed by atoms with Gasteiger partial charge in [0.25, 0.3) is 0 Å². The smallest absolute Gasteiger partial charge is 0.0700 e. The summed E-state index contributed by atoms with van der Waals surface area (Å²) in [5, 5.41) is 7.70. The number of rotatable bonds is 5. The maximum Gasteiger partial charge on any atom is 0.0700 e. The fourth-order valence-corrected chi connectivity index (χ4v) is 2.21. The molecule has 90 valence electrons. The van der Waals surface area contributed by atoms with Gasteiger partial charge in [0.2, 0.25) is 0 Å². The second kappa shape index (κ2) is 5.80. The molecule has 1 aromatic heterocycles. The summed E-state index contributed by atoms with van der Waals surface area (Å²) in [6.07, 6.45) is 6.62. The molecule has 1 aromatic rings. The van der Waals surface area contributed by atoms with Crippen LogP contribution in [0.2, 0.25) is 0 Å². The summed E-state index contributed by atoms with van der Waals surface area (Å²) in [4.78, 5) is 0. The first-order chi connectivity index (χ1) is 7.75. The third-order valence-electron chi connectivity index (χ3n) is 2.86. The normalized spacial score (nSPS) is 22.5. The molecule has 1 saturated heterocycles. The number of hydrogen-bond acceptors (Lipinski definition) is 3. The van der Waals surface area contributed by atoms with Crippen molar-refractivity contribution in [3.63, 3.8) is 0 Å². The van der Waals surface area contributed by atoms with Gasteiger partial charge in [-0.25, -0.2) is 0 Å². The average Bonchev–Trinajstić information content (AvgIpc) is 2.89. The largest absolute Gasteiger partial charge is 0.377 e. The van der Waals surface area contributed by atoms with Crippen molar-refractivity contribution in [1.82, 2.24) is 15.1 Å². The first-order valence-corrected chi connectivity index (χ1v) is 6.57. The highest BCUT2D eigenvalue weighted by Crippen LogP contribution is 2.12. The fourth-order valence-electron chi connectivity index (χ4n) is 1.91. The summed E-state index contributed by atoms with van der Waals surface area (Å²) < 4.78 is 8.54. The number of aromatic nitrogens is 2. The van der Waals surface area contributed by atoms with Gasteiger partial charge in [0.15, 0.2) is 0 Å². The van der Waals surface area contributed by atoms with E-state index in [4.69, 9.17) is 4.74 Å². The van der Waals surface area contributed by atoms with Crippen molar-refractivity contribution in [2.75, 3.05) is 19.7 Å². The Morgan fingerprint density at radius 2 is 2.62 bits per heavy atom. The van der Waals surface area contributed by atoms with E-state index in [0.29, 0.717) is 12.1 Å². The summed E-state index contributed by atoms with van der Waals surface area (Å²) in [5.41, 5.74) is 0. The van der Waals surface area contributed by atoms with E-state index in [1.807, 2.05) is 17.1 Å². The maximum atomic E-state index is 5.55. The minimum absolute atomic E-state index is 0.368. The molecule has 2 heterocycles. The average molecular weight is 288 g/mol. The minimum atomic E-state index is 0.368. The molecule has 1 aliphatic rings. The van der Waals surface area contributed by atoms with E-state index in [0.717, 1.165) is 24.2 Å². The van der Waals surface area contributed by atoms with Gasteiger partial charge in [-0.15, -0.1) is 0 Å². The molecule has 0 spiro atoms. The number of hydrogen-bond donors (Lipinski definition) is 1. The number of nitrogens with one attached hydrogen (secondary N) is 1. The Morgan fingerprint density at radius 1 is 1.75 bits per heavy atom. The van der Waals surface area contributed by atoms with Crippen molar-refractivity contribution in [2.24, 2.45) is 0 Å². The van der Waals surface area contributed by atoms with E-state index in [2.05, 4.69) is 33.3 Å². The van der Waals surface area contributed by atoms with Gasteiger partial charge in [0.05, 0.1) is 22.8 Å². The lowest BCUT2D eigenvalue weighted by molar-refractivity contribution is 0.109. The van der Waals surface area contributed by atoms with Crippen LogP contribution in [0.4, 0.5) is 0 Å². The van der Waals surface area contributed by atoms with E-state index in [9.17, 15) is 0 Å². The molecule has 1 N–H and O–H groups in total. The predicted octanol–water partition coefficient (Wildman–Crippen LogP) is 1.98. The van der Waals surface area contributed by atoms with E-state index < -0.39 is 0 Å². The van der Waals surface area contributed by atoms with Crippen LogP contribution in [0, 0.1) is 0 Å². The highest BCUT2D eigenvalue weighted by Gasteiger charge is 2.15. The van der Waals surface area contributed by atoms with Crippen LogP contribution in [0.25, 0.3) is 0 Å². The molecule has 0 bridgehead atoms. The molecule has 0 aromatic carbocycles. The first-order valence-electron chi connectivity index (χ1n) is 5.77. The maximum absolute atomic E-state index is 5.55. The summed E-state index contributed by atoms with van der Waals surface area (Å²) in [6.45, 7) is 4.96. The SMILES string of the molecule is CC(CNCC1CCCO1)n1cc(Br)cn1. The zero-order chi connectivity index (χ0) is 11.4.